The molecule has 0 radical (unpaired) electrons. The fourth-order valence-corrected chi connectivity index (χ4v) is 2.57. The van der Waals surface area contributed by atoms with Gasteiger partial charge >= 0.3 is 0 Å². The first kappa shape index (κ1) is 17.0. The lowest BCUT2D eigenvalue weighted by atomic mass is 10.1. The van der Waals surface area contributed by atoms with Crippen LogP contribution in [-0.2, 0) is 4.79 Å². The standard InChI is InChI=1S/C18H14N4O4/c1-2-9-21-15-6-4-3-5-14(15)17(18(21)24)20-19-11-12-10-13(22(25)26)7-8-16(12)23/h2-8,10-11,23H,1,9H2/p-1/b19-11-,20-17-. The number of non-ortho nitro benzene ring substituents is 1. The molecule has 2 aromatic carbocycles. The molecule has 0 aromatic heterocycles. The van der Waals surface area contributed by atoms with E-state index < -0.39 is 10.7 Å². The fraction of sp³-hybridized carbons (Fsp3) is 0.0556. The van der Waals surface area contributed by atoms with E-state index in [0.717, 1.165) is 24.4 Å². The Morgan fingerprint density at radius 3 is 2.73 bits per heavy atom. The van der Waals surface area contributed by atoms with E-state index >= 15 is 0 Å². The van der Waals surface area contributed by atoms with Gasteiger partial charge in [0.1, 0.15) is 0 Å². The Bertz CT molecular complexity index is 965. The lowest BCUT2D eigenvalue weighted by Gasteiger charge is -2.13. The summed E-state index contributed by atoms with van der Waals surface area (Å²) in [6.45, 7) is 3.96. The maximum atomic E-state index is 12.5. The van der Waals surface area contributed by atoms with E-state index in [2.05, 4.69) is 16.8 Å². The van der Waals surface area contributed by atoms with Crippen molar-refractivity contribution in [3.8, 4) is 5.75 Å². The first-order valence-corrected chi connectivity index (χ1v) is 7.61. The number of nitro groups is 1. The highest BCUT2D eigenvalue weighted by molar-refractivity contribution is 6.54. The second-order valence-electron chi connectivity index (χ2n) is 5.39. The van der Waals surface area contributed by atoms with Crippen molar-refractivity contribution in [3.05, 3.63) is 76.4 Å². The van der Waals surface area contributed by atoms with Crippen molar-refractivity contribution in [2.75, 3.05) is 11.4 Å². The fourth-order valence-electron chi connectivity index (χ4n) is 2.57. The minimum atomic E-state index is -0.605. The summed E-state index contributed by atoms with van der Waals surface area (Å²) in [6, 6.07) is 10.4. The van der Waals surface area contributed by atoms with Crippen LogP contribution in [0.2, 0.25) is 0 Å². The predicted molar refractivity (Wildman–Crippen MR) is 95.7 cm³/mol. The molecule has 0 aliphatic carbocycles. The van der Waals surface area contributed by atoms with Crippen LogP contribution in [0, 0.1) is 10.1 Å². The van der Waals surface area contributed by atoms with Gasteiger partial charge in [0, 0.05) is 24.2 Å². The molecular formula is C18H13N4O4-. The topological polar surface area (TPSA) is 111 Å². The summed E-state index contributed by atoms with van der Waals surface area (Å²) >= 11 is 0. The highest BCUT2D eigenvalue weighted by Gasteiger charge is 2.32. The van der Waals surface area contributed by atoms with Gasteiger partial charge in [0.25, 0.3) is 11.6 Å². The molecule has 130 valence electrons. The summed E-state index contributed by atoms with van der Waals surface area (Å²) in [7, 11) is 0. The molecule has 0 unspecified atom stereocenters. The van der Waals surface area contributed by atoms with Crippen LogP contribution in [0.3, 0.4) is 0 Å². The average Bonchev–Trinajstić information content (AvgIpc) is 2.89. The molecule has 0 N–H and O–H groups in total. The van der Waals surface area contributed by atoms with Gasteiger partial charge in [-0.1, -0.05) is 36.1 Å². The number of anilines is 1. The van der Waals surface area contributed by atoms with E-state index in [4.69, 9.17) is 0 Å². The zero-order chi connectivity index (χ0) is 18.7. The zero-order valence-electron chi connectivity index (χ0n) is 13.5. The zero-order valence-corrected chi connectivity index (χ0v) is 13.5. The van der Waals surface area contributed by atoms with Crippen LogP contribution < -0.4 is 10.0 Å². The molecule has 1 aliphatic heterocycles. The van der Waals surface area contributed by atoms with Gasteiger partial charge in [-0.2, -0.15) is 5.10 Å². The van der Waals surface area contributed by atoms with Gasteiger partial charge < -0.3 is 10.0 Å². The monoisotopic (exact) mass is 349 g/mol. The van der Waals surface area contributed by atoms with Crippen molar-refractivity contribution in [1.82, 2.24) is 0 Å². The predicted octanol–water partition coefficient (Wildman–Crippen LogP) is 2.02. The Balaban J connectivity index is 1.95. The molecule has 8 heteroatoms. The molecule has 3 rings (SSSR count). The number of nitrogens with zero attached hydrogens (tertiary/aromatic N) is 4. The Labute approximate surface area is 148 Å². The number of benzene rings is 2. The summed E-state index contributed by atoms with van der Waals surface area (Å²) in [5.41, 5.74) is 1.25. The number of rotatable bonds is 5. The Hall–Kier alpha value is -3.81. The van der Waals surface area contributed by atoms with Gasteiger partial charge in [-0.25, -0.2) is 0 Å². The number of fused-ring (bicyclic) bond motifs is 1. The van der Waals surface area contributed by atoms with Gasteiger partial charge in [-0.15, -0.1) is 11.7 Å². The molecule has 26 heavy (non-hydrogen) atoms. The first-order chi connectivity index (χ1) is 12.5. The quantitative estimate of drug-likeness (QED) is 0.356. The number of para-hydroxylation sites is 1. The van der Waals surface area contributed by atoms with Crippen LogP contribution in [0.5, 0.6) is 5.75 Å². The van der Waals surface area contributed by atoms with Gasteiger partial charge in [0.15, 0.2) is 5.71 Å². The molecule has 0 saturated carbocycles. The lowest BCUT2D eigenvalue weighted by molar-refractivity contribution is -0.385. The molecule has 0 fully saturated rings. The Kier molecular flexibility index (Phi) is 4.57. The van der Waals surface area contributed by atoms with Gasteiger partial charge in [-0.3, -0.25) is 14.9 Å². The lowest BCUT2D eigenvalue weighted by Crippen LogP contribution is -2.30. The number of nitro benzene ring substituents is 1. The van der Waals surface area contributed by atoms with Crippen LogP contribution in [0.25, 0.3) is 0 Å². The summed E-state index contributed by atoms with van der Waals surface area (Å²) in [4.78, 5) is 24.2. The van der Waals surface area contributed by atoms with E-state index in [1.54, 1.807) is 30.3 Å². The minimum absolute atomic E-state index is 0.0187. The molecule has 0 saturated heterocycles. The number of amides is 1. The number of carbonyl (C=O) groups excluding carboxylic acids is 1. The third-order valence-electron chi connectivity index (χ3n) is 3.77. The van der Waals surface area contributed by atoms with Crippen LogP contribution >= 0.6 is 0 Å². The van der Waals surface area contributed by atoms with Crippen molar-refractivity contribution < 1.29 is 14.8 Å². The van der Waals surface area contributed by atoms with Crippen LogP contribution in [0.4, 0.5) is 11.4 Å². The molecule has 1 amide bonds. The molecule has 0 bridgehead atoms. The van der Waals surface area contributed by atoms with Crippen molar-refractivity contribution in [3.63, 3.8) is 0 Å². The van der Waals surface area contributed by atoms with E-state index in [1.165, 1.54) is 4.90 Å². The third-order valence-corrected chi connectivity index (χ3v) is 3.77. The van der Waals surface area contributed by atoms with Gasteiger partial charge in [-0.05, 0) is 11.6 Å². The number of hydrogen-bond acceptors (Lipinski definition) is 6. The highest BCUT2D eigenvalue weighted by atomic mass is 16.6. The molecule has 1 heterocycles. The third kappa shape index (κ3) is 3.07. The van der Waals surface area contributed by atoms with Crippen molar-refractivity contribution in [2.24, 2.45) is 10.2 Å². The number of hydrogen-bond donors (Lipinski definition) is 0. The first-order valence-electron chi connectivity index (χ1n) is 7.61. The maximum Gasteiger partial charge on any atom is 0.279 e. The van der Waals surface area contributed by atoms with Crippen LogP contribution in [0.15, 0.2) is 65.3 Å². The molecule has 0 spiro atoms. The van der Waals surface area contributed by atoms with Crippen molar-refractivity contribution in [2.45, 2.75) is 0 Å². The molecule has 1 aliphatic rings. The Morgan fingerprint density at radius 2 is 2.00 bits per heavy atom. The van der Waals surface area contributed by atoms with Gasteiger partial charge in [0.05, 0.1) is 16.8 Å². The van der Waals surface area contributed by atoms with Crippen LogP contribution in [0.1, 0.15) is 11.1 Å². The van der Waals surface area contributed by atoms with E-state index in [1.807, 2.05) is 0 Å². The summed E-state index contributed by atoms with van der Waals surface area (Å²) in [5.74, 6) is -0.754. The van der Waals surface area contributed by atoms with Crippen molar-refractivity contribution >= 4 is 29.2 Å². The molecule has 8 nitrogen and oxygen atoms in total. The SMILES string of the molecule is C=CCN1C(=O)/C(=N\N=C/c2cc([N+](=O)[O-])ccc2[O-])c2ccccc21. The molecule has 2 aromatic rings. The molecule has 0 atom stereocenters. The smallest absolute Gasteiger partial charge is 0.279 e. The summed E-state index contributed by atoms with van der Waals surface area (Å²) < 4.78 is 0. The van der Waals surface area contributed by atoms with Gasteiger partial charge in [0.2, 0.25) is 0 Å². The van der Waals surface area contributed by atoms with Crippen LogP contribution in [-0.4, -0.2) is 29.3 Å². The number of carbonyl (C=O) groups is 1. The second kappa shape index (κ2) is 6.98. The van der Waals surface area contributed by atoms with E-state index in [-0.39, 0.29) is 22.9 Å². The Morgan fingerprint density at radius 1 is 1.23 bits per heavy atom. The summed E-state index contributed by atoms with van der Waals surface area (Å²) in [6.07, 6.45) is 2.71. The highest BCUT2D eigenvalue weighted by Crippen LogP contribution is 2.29. The van der Waals surface area contributed by atoms with E-state index in [0.29, 0.717) is 17.8 Å². The molecular weight excluding hydrogens is 336 g/mol. The maximum absolute atomic E-state index is 12.5. The van der Waals surface area contributed by atoms with E-state index in [9.17, 15) is 20.0 Å². The van der Waals surface area contributed by atoms with Crippen molar-refractivity contribution in [1.29, 1.82) is 0 Å². The largest absolute Gasteiger partial charge is 0.872 e. The normalized spacial score (nSPS) is 14.8. The minimum Gasteiger partial charge on any atom is -0.872 e. The second-order valence-corrected chi connectivity index (χ2v) is 5.39. The average molecular weight is 349 g/mol. The summed E-state index contributed by atoms with van der Waals surface area (Å²) in [5, 5.41) is 30.3.